The standard InChI is InChI=1S/C8H7ClN2O/c9-7-2-1-3-8-6(7)4-11(12)5-10-8/h1-3,5,12H,4H2. The fourth-order valence-corrected chi connectivity index (χ4v) is 1.39. The number of fused-ring (bicyclic) bond motifs is 1. The molecule has 0 atom stereocenters. The molecule has 0 saturated carbocycles. The van der Waals surface area contributed by atoms with Crippen LogP contribution in [0.15, 0.2) is 23.2 Å². The minimum Gasteiger partial charge on any atom is -0.287 e. The molecule has 1 aliphatic rings. The Balaban J connectivity index is 2.53. The summed E-state index contributed by atoms with van der Waals surface area (Å²) in [6.45, 7) is 0.401. The molecule has 1 aromatic rings. The summed E-state index contributed by atoms with van der Waals surface area (Å²) < 4.78 is 0. The van der Waals surface area contributed by atoms with Gasteiger partial charge in [-0.1, -0.05) is 17.7 Å². The topological polar surface area (TPSA) is 35.8 Å². The van der Waals surface area contributed by atoms with Crippen molar-refractivity contribution in [3.05, 3.63) is 28.8 Å². The van der Waals surface area contributed by atoms with Gasteiger partial charge in [-0.05, 0) is 12.1 Å². The predicted molar refractivity (Wildman–Crippen MR) is 46.9 cm³/mol. The number of halogens is 1. The molecule has 1 aliphatic heterocycles. The molecule has 1 heterocycles. The molecule has 0 amide bonds. The third-order valence-corrected chi connectivity index (χ3v) is 2.10. The summed E-state index contributed by atoms with van der Waals surface area (Å²) in [6.07, 6.45) is 1.37. The van der Waals surface area contributed by atoms with E-state index >= 15 is 0 Å². The van der Waals surface area contributed by atoms with Crippen molar-refractivity contribution in [1.82, 2.24) is 5.06 Å². The van der Waals surface area contributed by atoms with Crippen molar-refractivity contribution in [2.75, 3.05) is 0 Å². The number of rotatable bonds is 0. The Morgan fingerprint density at radius 2 is 2.33 bits per heavy atom. The largest absolute Gasteiger partial charge is 0.287 e. The number of hydroxylamine groups is 2. The van der Waals surface area contributed by atoms with Crippen molar-refractivity contribution < 1.29 is 5.21 Å². The molecule has 0 saturated heterocycles. The molecular formula is C8H7ClN2O. The van der Waals surface area contributed by atoms with Gasteiger partial charge in [-0.25, -0.2) is 10.1 Å². The number of hydrogen-bond acceptors (Lipinski definition) is 3. The Morgan fingerprint density at radius 3 is 3.17 bits per heavy atom. The summed E-state index contributed by atoms with van der Waals surface area (Å²) in [5.41, 5.74) is 1.69. The van der Waals surface area contributed by atoms with Crippen LogP contribution in [0.25, 0.3) is 0 Å². The Morgan fingerprint density at radius 1 is 1.50 bits per heavy atom. The van der Waals surface area contributed by atoms with Crippen LogP contribution in [0.3, 0.4) is 0 Å². The molecule has 1 N–H and O–H groups in total. The SMILES string of the molecule is ON1C=Nc2cccc(Cl)c2C1. The molecule has 0 spiro atoms. The van der Waals surface area contributed by atoms with Crippen LogP contribution >= 0.6 is 11.6 Å². The van der Waals surface area contributed by atoms with Crippen LogP contribution in [0.5, 0.6) is 0 Å². The van der Waals surface area contributed by atoms with E-state index in [2.05, 4.69) is 4.99 Å². The molecule has 0 radical (unpaired) electrons. The zero-order chi connectivity index (χ0) is 8.55. The maximum absolute atomic E-state index is 9.11. The van der Waals surface area contributed by atoms with Crippen LogP contribution in [0.4, 0.5) is 5.69 Å². The molecule has 1 aromatic carbocycles. The second-order valence-corrected chi connectivity index (χ2v) is 2.99. The summed E-state index contributed by atoms with van der Waals surface area (Å²) in [7, 11) is 0. The van der Waals surface area contributed by atoms with Crippen molar-refractivity contribution in [2.45, 2.75) is 6.54 Å². The summed E-state index contributed by atoms with van der Waals surface area (Å²) in [5, 5.41) is 10.8. The van der Waals surface area contributed by atoms with E-state index in [-0.39, 0.29) is 0 Å². The third kappa shape index (κ3) is 1.17. The third-order valence-electron chi connectivity index (χ3n) is 1.74. The smallest absolute Gasteiger partial charge is 0.116 e. The first kappa shape index (κ1) is 7.58. The monoisotopic (exact) mass is 182 g/mol. The minimum atomic E-state index is 0.401. The molecule has 0 aromatic heterocycles. The van der Waals surface area contributed by atoms with Gasteiger partial charge >= 0.3 is 0 Å². The Bertz CT molecular complexity index is 338. The molecule has 0 fully saturated rings. The highest BCUT2D eigenvalue weighted by molar-refractivity contribution is 6.31. The quantitative estimate of drug-likeness (QED) is 0.668. The highest BCUT2D eigenvalue weighted by Gasteiger charge is 2.12. The van der Waals surface area contributed by atoms with E-state index in [9.17, 15) is 0 Å². The van der Waals surface area contributed by atoms with E-state index in [4.69, 9.17) is 16.8 Å². The van der Waals surface area contributed by atoms with E-state index in [1.54, 1.807) is 6.07 Å². The van der Waals surface area contributed by atoms with Crippen molar-refractivity contribution >= 4 is 23.6 Å². The maximum Gasteiger partial charge on any atom is 0.116 e. The van der Waals surface area contributed by atoms with Gasteiger partial charge in [0, 0.05) is 10.6 Å². The van der Waals surface area contributed by atoms with Crippen LogP contribution in [-0.4, -0.2) is 16.6 Å². The van der Waals surface area contributed by atoms with Gasteiger partial charge in [0.1, 0.15) is 6.34 Å². The number of aliphatic imine (C=N–C) groups is 1. The van der Waals surface area contributed by atoms with Crippen molar-refractivity contribution in [3.63, 3.8) is 0 Å². The lowest BCUT2D eigenvalue weighted by molar-refractivity contribution is -0.0178. The Kier molecular flexibility index (Phi) is 1.75. The zero-order valence-corrected chi connectivity index (χ0v) is 6.99. The lowest BCUT2D eigenvalue weighted by Crippen LogP contribution is -2.19. The van der Waals surface area contributed by atoms with Crippen LogP contribution in [0.1, 0.15) is 5.56 Å². The van der Waals surface area contributed by atoms with Gasteiger partial charge < -0.3 is 0 Å². The lowest BCUT2D eigenvalue weighted by atomic mass is 10.1. The lowest BCUT2D eigenvalue weighted by Gasteiger charge is -2.18. The van der Waals surface area contributed by atoms with Gasteiger partial charge in [-0.15, -0.1) is 0 Å². The fourth-order valence-electron chi connectivity index (χ4n) is 1.16. The first-order chi connectivity index (χ1) is 5.77. The highest BCUT2D eigenvalue weighted by atomic mass is 35.5. The van der Waals surface area contributed by atoms with Crippen molar-refractivity contribution in [3.8, 4) is 0 Å². The normalized spacial score (nSPS) is 14.7. The van der Waals surface area contributed by atoms with Crippen molar-refractivity contribution in [2.24, 2.45) is 4.99 Å². The van der Waals surface area contributed by atoms with Gasteiger partial charge in [0.15, 0.2) is 0 Å². The van der Waals surface area contributed by atoms with E-state index < -0.39 is 0 Å². The molecule has 12 heavy (non-hydrogen) atoms. The van der Waals surface area contributed by atoms with Crippen LogP contribution in [0, 0.1) is 0 Å². The second kappa shape index (κ2) is 2.77. The number of nitrogens with zero attached hydrogens (tertiary/aromatic N) is 2. The maximum atomic E-state index is 9.11. The molecule has 4 heteroatoms. The summed E-state index contributed by atoms with van der Waals surface area (Å²) in [5.74, 6) is 0. The van der Waals surface area contributed by atoms with Gasteiger partial charge in [0.05, 0.1) is 12.2 Å². The average Bonchev–Trinajstić information content (AvgIpc) is 2.07. The second-order valence-electron chi connectivity index (χ2n) is 2.58. The van der Waals surface area contributed by atoms with E-state index in [0.717, 1.165) is 16.3 Å². The Hall–Kier alpha value is -1.06. The number of benzene rings is 1. The first-order valence-corrected chi connectivity index (χ1v) is 3.92. The summed E-state index contributed by atoms with van der Waals surface area (Å²) in [4.78, 5) is 4.00. The Labute approximate surface area is 74.9 Å². The predicted octanol–water partition coefficient (Wildman–Crippen LogP) is 2.20. The molecule has 0 unspecified atom stereocenters. The first-order valence-electron chi connectivity index (χ1n) is 3.54. The van der Waals surface area contributed by atoms with Gasteiger partial charge in [0.25, 0.3) is 0 Å². The van der Waals surface area contributed by atoms with E-state index in [1.807, 2.05) is 12.1 Å². The zero-order valence-electron chi connectivity index (χ0n) is 6.24. The van der Waals surface area contributed by atoms with Crippen LogP contribution in [-0.2, 0) is 6.54 Å². The van der Waals surface area contributed by atoms with E-state index in [1.165, 1.54) is 6.34 Å². The summed E-state index contributed by atoms with van der Waals surface area (Å²) in [6, 6.07) is 5.49. The van der Waals surface area contributed by atoms with E-state index in [0.29, 0.717) is 11.6 Å². The minimum absolute atomic E-state index is 0.401. The fraction of sp³-hybridized carbons (Fsp3) is 0.125. The molecule has 0 bridgehead atoms. The molecule has 3 nitrogen and oxygen atoms in total. The van der Waals surface area contributed by atoms with Gasteiger partial charge in [-0.3, -0.25) is 5.21 Å². The van der Waals surface area contributed by atoms with Crippen molar-refractivity contribution in [1.29, 1.82) is 0 Å². The van der Waals surface area contributed by atoms with Gasteiger partial charge in [-0.2, -0.15) is 0 Å². The van der Waals surface area contributed by atoms with Crippen LogP contribution < -0.4 is 0 Å². The number of hydrogen-bond donors (Lipinski definition) is 1. The highest BCUT2D eigenvalue weighted by Crippen LogP contribution is 2.29. The summed E-state index contributed by atoms with van der Waals surface area (Å²) >= 11 is 5.90. The molecule has 62 valence electrons. The molecule has 0 aliphatic carbocycles. The molecular weight excluding hydrogens is 176 g/mol. The van der Waals surface area contributed by atoms with Crippen LogP contribution in [0.2, 0.25) is 5.02 Å². The average molecular weight is 183 g/mol. The molecule has 2 rings (SSSR count). The van der Waals surface area contributed by atoms with Gasteiger partial charge in [0.2, 0.25) is 0 Å².